The normalized spacial score (nSPS) is 25.2. The number of amides is 1. The second-order valence-electron chi connectivity index (χ2n) is 11.6. The van der Waals surface area contributed by atoms with Crippen molar-refractivity contribution in [3.05, 3.63) is 36.8 Å². The molecule has 9 heteroatoms. The van der Waals surface area contributed by atoms with Crippen molar-refractivity contribution >= 4 is 22.9 Å². The Balaban J connectivity index is 1.27. The third-order valence-electron chi connectivity index (χ3n) is 7.75. The van der Waals surface area contributed by atoms with Crippen LogP contribution in [0.1, 0.15) is 58.9 Å². The van der Waals surface area contributed by atoms with Crippen LogP contribution in [0.2, 0.25) is 0 Å². The number of benzene rings is 1. The van der Waals surface area contributed by atoms with Gasteiger partial charge in [0.1, 0.15) is 41.4 Å². The van der Waals surface area contributed by atoms with Crippen LogP contribution in [0, 0.1) is 0 Å². The molecule has 1 atom stereocenters. The van der Waals surface area contributed by atoms with Crippen LogP contribution in [0.5, 0.6) is 5.75 Å². The van der Waals surface area contributed by atoms with E-state index in [0.29, 0.717) is 31.6 Å². The van der Waals surface area contributed by atoms with Crippen LogP contribution >= 0.6 is 0 Å². The molecule has 2 N–H and O–H groups in total. The van der Waals surface area contributed by atoms with Gasteiger partial charge in [0.15, 0.2) is 0 Å². The largest absolute Gasteiger partial charge is 0.491 e. The maximum atomic E-state index is 12.6. The standard InChI is InChI=1S/C28H35N5O4/c1-27(2,3)37-26(34)32-12-9-19(14-32)33-15-22(23-24(29)30-17-31-25(23)33)18-5-4-6-21(13-18)35-16-28-10-7-20(36-28)8-11-28/h4-6,13,15,17,19-20H,7-12,14,16H2,1-3H3,(H2,29,30,31). The Labute approximate surface area is 216 Å². The number of fused-ring (bicyclic) bond motifs is 3. The van der Waals surface area contributed by atoms with E-state index in [4.69, 9.17) is 19.9 Å². The summed E-state index contributed by atoms with van der Waals surface area (Å²) in [6, 6.07) is 8.14. The Kier molecular flexibility index (Phi) is 5.78. The van der Waals surface area contributed by atoms with E-state index in [1.807, 2.05) is 39.0 Å². The van der Waals surface area contributed by atoms with E-state index in [2.05, 4.69) is 26.8 Å². The lowest BCUT2D eigenvalue weighted by atomic mass is 9.89. The molecule has 1 aromatic carbocycles. The van der Waals surface area contributed by atoms with E-state index in [1.54, 1.807) is 4.90 Å². The molecule has 0 saturated carbocycles. The maximum absolute atomic E-state index is 12.6. The van der Waals surface area contributed by atoms with Crippen LogP contribution in [0.25, 0.3) is 22.2 Å². The lowest BCUT2D eigenvalue weighted by molar-refractivity contribution is -0.0198. The zero-order valence-corrected chi connectivity index (χ0v) is 21.8. The molecule has 3 aliphatic heterocycles. The Morgan fingerprint density at radius 1 is 1.22 bits per heavy atom. The number of hydrogen-bond acceptors (Lipinski definition) is 7. The summed E-state index contributed by atoms with van der Waals surface area (Å²) in [7, 11) is 0. The SMILES string of the molecule is CC(C)(C)OC(=O)N1CCC(n2cc(-c3cccc(OCC45CCC(CC4)O5)c3)c3c(N)ncnc32)C1. The van der Waals surface area contributed by atoms with Crippen molar-refractivity contribution in [1.29, 1.82) is 0 Å². The summed E-state index contributed by atoms with van der Waals surface area (Å²) in [6.07, 6.45) is 8.91. The zero-order chi connectivity index (χ0) is 25.8. The van der Waals surface area contributed by atoms with Crippen molar-refractivity contribution in [1.82, 2.24) is 19.4 Å². The smallest absolute Gasteiger partial charge is 0.410 e. The number of carbonyl (C=O) groups is 1. The molecule has 2 aromatic heterocycles. The molecular weight excluding hydrogens is 470 g/mol. The summed E-state index contributed by atoms with van der Waals surface area (Å²) in [5.74, 6) is 1.24. The molecule has 6 rings (SSSR count). The number of likely N-dealkylation sites (tertiary alicyclic amines) is 1. The summed E-state index contributed by atoms with van der Waals surface area (Å²) in [5, 5.41) is 0.812. The minimum absolute atomic E-state index is 0.0615. The third kappa shape index (κ3) is 4.61. The van der Waals surface area contributed by atoms with E-state index >= 15 is 0 Å². The first-order valence-corrected chi connectivity index (χ1v) is 13.2. The number of hydrogen-bond donors (Lipinski definition) is 1. The molecule has 5 heterocycles. The van der Waals surface area contributed by atoms with E-state index < -0.39 is 5.60 Å². The van der Waals surface area contributed by atoms with Crippen LogP contribution in [-0.2, 0) is 9.47 Å². The molecule has 196 valence electrons. The first-order valence-electron chi connectivity index (χ1n) is 13.2. The summed E-state index contributed by atoms with van der Waals surface area (Å²) in [4.78, 5) is 23.3. The van der Waals surface area contributed by atoms with Gasteiger partial charge < -0.3 is 29.4 Å². The minimum Gasteiger partial charge on any atom is -0.491 e. The van der Waals surface area contributed by atoms with Crippen molar-refractivity contribution in [3.63, 3.8) is 0 Å². The first kappa shape index (κ1) is 24.0. The van der Waals surface area contributed by atoms with Crippen LogP contribution in [0.4, 0.5) is 10.6 Å². The zero-order valence-electron chi connectivity index (χ0n) is 21.8. The summed E-state index contributed by atoms with van der Waals surface area (Å²) < 4.78 is 20.2. The summed E-state index contributed by atoms with van der Waals surface area (Å²) >= 11 is 0. The molecule has 3 aliphatic rings. The lowest BCUT2D eigenvalue weighted by Crippen LogP contribution is -2.35. The van der Waals surface area contributed by atoms with Crippen LogP contribution < -0.4 is 10.5 Å². The van der Waals surface area contributed by atoms with Gasteiger partial charge in [-0.2, -0.15) is 0 Å². The van der Waals surface area contributed by atoms with Crippen molar-refractivity contribution < 1.29 is 19.0 Å². The fourth-order valence-corrected chi connectivity index (χ4v) is 5.92. The molecule has 0 radical (unpaired) electrons. The second kappa shape index (κ2) is 8.90. The van der Waals surface area contributed by atoms with Gasteiger partial charge in [0.05, 0.1) is 17.5 Å². The van der Waals surface area contributed by atoms with E-state index in [1.165, 1.54) is 6.33 Å². The molecule has 0 spiro atoms. The first-order chi connectivity index (χ1) is 17.7. The van der Waals surface area contributed by atoms with Crippen LogP contribution in [-0.4, -0.2) is 62.5 Å². The number of anilines is 1. The number of ether oxygens (including phenoxy) is 3. The molecule has 1 unspecified atom stereocenters. The molecule has 0 aliphatic carbocycles. The minimum atomic E-state index is -0.528. The highest BCUT2D eigenvalue weighted by molar-refractivity contribution is 6.00. The lowest BCUT2D eigenvalue weighted by Gasteiger charge is -2.24. The number of nitrogens with zero attached hydrogens (tertiary/aromatic N) is 4. The van der Waals surface area contributed by atoms with E-state index in [0.717, 1.165) is 60.0 Å². The van der Waals surface area contributed by atoms with Gasteiger partial charge >= 0.3 is 6.09 Å². The fourth-order valence-electron chi connectivity index (χ4n) is 5.92. The second-order valence-corrected chi connectivity index (χ2v) is 11.6. The topological polar surface area (TPSA) is 105 Å². The molecule has 3 saturated heterocycles. The Morgan fingerprint density at radius 3 is 2.76 bits per heavy atom. The molecule has 37 heavy (non-hydrogen) atoms. The molecule has 2 bridgehead atoms. The van der Waals surface area contributed by atoms with Crippen molar-refractivity contribution in [2.45, 2.75) is 76.2 Å². The molecular formula is C28H35N5O4. The third-order valence-corrected chi connectivity index (χ3v) is 7.75. The predicted octanol–water partition coefficient (Wildman–Crippen LogP) is 4.95. The van der Waals surface area contributed by atoms with Gasteiger partial charge in [-0.25, -0.2) is 14.8 Å². The highest BCUT2D eigenvalue weighted by Crippen LogP contribution is 2.44. The van der Waals surface area contributed by atoms with Crippen LogP contribution in [0.15, 0.2) is 36.8 Å². The van der Waals surface area contributed by atoms with Gasteiger partial charge in [-0.3, -0.25) is 0 Å². The highest BCUT2D eigenvalue weighted by atomic mass is 16.6. The van der Waals surface area contributed by atoms with E-state index in [-0.39, 0.29) is 17.7 Å². The van der Waals surface area contributed by atoms with E-state index in [9.17, 15) is 4.79 Å². The predicted molar refractivity (Wildman–Crippen MR) is 140 cm³/mol. The molecule has 1 amide bonds. The quantitative estimate of drug-likeness (QED) is 0.523. The Hall–Kier alpha value is -3.33. The molecule has 3 fully saturated rings. The number of carbonyl (C=O) groups excluding carboxylic acids is 1. The van der Waals surface area contributed by atoms with Gasteiger partial charge in [0.2, 0.25) is 0 Å². The van der Waals surface area contributed by atoms with Crippen molar-refractivity contribution in [3.8, 4) is 16.9 Å². The Bertz CT molecular complexity index is 1320. The van der Waals surface area contributed by atoms with Crippen molar-refractivity contribution in [2.24, 2.45) is 0 Å². The number of nitrogen functional groups attached to an aromatic ring is 1. The van der Waals surface area contributed by atoms with Gasteiger partial charge in [0, 0.05) is 24.8 Å². The van der Waals surface area contributed by atoms with Gasteiger partial charge in [0.25, 0.3) is 0 Å². The average Bonchev–Trinajstić information content (AvgIpc) is 3.65. The van der Waals surface area contributed by atoms with Gasteiger partial charge in [-0.15, -0.1) is 0 Å². The average molecular weight is 506 g/mol. The number of nitrogens with two attached hydrogens (primary N) is 1. The van der Waals surface area contributed by atoms with Gasteiger partial charge in [-0.1, -0.05) is 12.1 Å². The van der Waals surface area contributed by atoms with Crippen LogP contribution in [0.3, 0.4) is 0 Å². The number of aromatic nitrogens is 3. The van der Waals surface area contributed by atoms with Gasteiger partial charge in [-0.05, 0) is 70.6 Å². The maximum Gasteiger partial charge on any atom is 0.410 e. The summed E-state index contributed by atoms with van der Waals surface area (Å²) in [6.45, 7) is 7.39. The summed E-state index contributed by atoms with van der Waals surface area (Å²) in [5.41, 5.74) is 8.42. The Morgan fingerprint density at radius 2 is 2.03 bits per heavy atom. The monoisotopic (exact) mass is 505 g/mol. The number of rotatable bonds is 5. The molecule has 3 aromatic rings. The highest BCUT2D eigenvalue weighted by Gasteiger charge is 2.46. The molecule has 9 nitrogen and oxygen atoms in total. The van der Waals surface area contributed by atoms with Crippen molar-refractivity contribution in [2.75, 3.05) is 25.4 Å². The fraction of sp³-hybridized carbons (Fsp3) is 0.536.